The van der Waals surface area contributed by atoms with Gasteiger partial charge in [-0.05, 0) is 55.2 Å². The van der Waals surface area contributed by atoms with Crippen LogP contribution in [0.15, 0.2) is 47.4 Å². The normalized spacial score (nSPS) is 16.8. The molecule has 0 unspecified atom stereocenters. The molecule has 23 heavy (non-hydrogen) atoms. The first-order valence-corrected chi connectivity index (χ1v) is 8.94. The number of nitrogens with one attached hydrogen (secondary N) is 1. The van der Waals surface area contributed by atoms with Gasteiger partial charge in [0.05, 0.1) is 10.4 Å². The van der Waals surface area contributed by atoms with Gasteiger partial charge in [0.1, 0.15) is 0 Å². The third kappa shape index (κ3) is 3.11. The Morgan fingerprint density at radius 3 is 2.17 bits per heavy atom. The summed E-state index contributed by atoms with van der Waals surface area (Å²) in [7, 11) is -3.97. The predicted octanol–water partition coefficient (Wildman–Crippen LogP) is 3.98. The summed E-state index contributed by atoms with van der Waals surface area (Å²) in [4.78, 5) is -0.295. The minimum Gasteiger partial charge on any atom is -0.207 e. The average Bonchev–Trinajstić information content (AvgIpc) is 2.47. The molecule has 0 amide bonds. The molecule has 1 saturated carbocycles. The lowest BCUT2D eigenvalue weighted by Gasteiger charge is -2.42. The third-order valence-corrected chi connectivity index (χ3v) is 5.92. The van der Waals surface area contributed by atoms with Crippen molar-refractivity contribution in [1.82, 2.24) is 4.72 Å². The maximum atomic E-state index is 13.3. The highest BCUT2D eigenvalue weighted by Gasteiger charge is 2.42. The first-order chi connectivity index (χ1) is 10.8. The van der Waals surface area contributed by atoms with Crippen LogP contribution in [0.1, 0.15) is 24.8 Å². The molecule has 0 radical (unpaired) electrons. The van der Waals surface area contributed by atoms with E-state index in [0.29, 0.717) is 23.9 Å². The van der Waals surface area contributed by atoms with Crippen molar-refractivity contribution in [2.45, 2.75) is 29.7 Å². The molecule has 0 spiro atoms. The molecule has 3 nitrogen and oxygen atoms in total. The summed E-state index contributed by atoms with van der Waals surface area (Å²) in [6.07, 6.45) is 2.15. The van der Waals surface area contributed by atoms with Gasteiger partial charge in [0, 0.05) is 5.02 Å². The number of sulfonamides is 1. The number of rotatable bonds is 4. The highest BCUT2D eigenvalue weighted by atomic mass is 35.5. The quantitative estimate of drug-likeness (QED) is 0.899. The van der Waals surface area contributed by atoms with Gasteiger partial charge in [0.25, 0.3) is 0 Å². The van der Waals surface area contributed by atoms with Gasteiger partial charge in [0.15, 0.2) is 11.6 Å². The molecule has 1 N–H and O–H groups in total. The Hall–Kier alpha value is -1.50. The maximum absolute atomic E-state index is 13.3. The summed E-state index contributed by atoms with van der Waals surface area (Å²) in [6.45, 7) is 0. The fourth-order valence-corrected chi connectivity index (χ4v) is 4.30. The predicted molar refractivity (Wildman–Crippen MR) is 83.7 cm³/mol. The van der Waals surface area contributed by atoms with Crippen molar-refractivity contribution in [3.05, 3.63) is 64.7 Å². The molecule has 0 saturated heterocycles. The zero-order valence-corrected chi connectivity index (χ0v) is 13.6. The highest BCUT2D eigenvalue weighted by molar-refractivity contribution is 7.89. The van der Waals surface area contributed by atoms with E-state index in [9.17, 15) is 17.2 Å². The summed E-state index contributed by atoms with van der Waals surface area (Å²) in [5, 5.41) is 0.562. The molecule has 0 atom stereocenters. The van der Waals surface area contributed by atoms with Crippen molar-refractivity contribution in [2.24, 2.45) is 0 Å². The SMILES string of the molecule is O=S(=O)(NC1(c2ccc(Cl)cc2)CCC1)c1ccc(F)c(F)c1. The summed E-state index contributed by atoms with van der Waals surface area (Å²) in [6, 6.07) is 9.48. The number of benzene rings is 2. The van der Waals surface area contributed by atoms with E-state index in [1.807, 2.05) is 0 Å². The van der Waals surface area contributed by atoms with E-state index >= 15 is 0 Å². The number of halogens is 3. The summed E-state index contributed by atoms with van der Waals surface area (Å²) >= 11 is 5.87. The average molecular weight is 358 g/mol. The molecule has 0 heterocycles. The van der Waals surface area contributed by atoms with Crippen LogP contribution in [0.5, 0.6) is 0 Å². The van der Waals surface area contributed by atoms with Gasteiger partial charge in [-0.2, -0.15) is 0 Å². The molecule has 1 aliphatic carbocycles. The van der Waals surface area contributed by atoms with E-state index < -0.39 is 27.2 Å². The number of hydrogen-bond acceptors (Lipinski definition) is 2. The van der Waals surface area contributed by atoms with Crippen LogP contribution >= 0.6 is 11.6 Å². The molecule has 2 aromatic rings. The van der Waals surface area contributed by atoms with E-state index in [-0.39, 0.29) is 4.90 Å². The summed E-state index contributed by atoms with van der Waals surface area (Å²) in [5.74, 6) is -2.28. The first-order valence-electron chi connectivity index (χ1n) is 7.08. The van der Waals surface area contributed by atoms with Gasteiger partial charge >= 0.3 is 0 Å². The Morgan fingerprint density at radius 1 is 1.00 bits per heavy atom. The second-order valence-corrected chi connectivity index (χ2v) is 7.74. The standard InChI is InChI=1S/C16H14ClF2NO2S/c17-12-4-2-11(3-5-12)16(8-1-9-16)20-23(21,22)13-6-7-14(18)15(19)10-13/h2-7,10,20H,1,8-9H2. The van der Waals surface area contributed by atoms with Gasteiger partial charge in [-0.3, -0.25) is 0 Å². The molecule has 2 aromatic carbocycles. The van der Waals surface area contributed by atoms with Gasteiger partial charge in [-0.25, -0.2) is 21.9 Å². The molecule has 1 aliphatic rings. The van der Waals surface area contributed by atoms with E-state index in [0.717, 1.165) is 24.1 Å². The topological polar surface area (TPSA) is 46.2 Å². The van der Waals surface area contributed by atoms with Crippen LogP contribution in [0.2, 0.25) is 5.02 Å². The van der Waals surface area contributed by atoms with Gasteiger partial charge in [-0.15, -0.1) is 0 Å². The van der Waals surface area contributed by atoms with Crippen LogP contribution in [0.4, 0.5) is 8.78 Å². The zero-order chi connectivity index (χ0) is 16.7. The Morgan fingerprint density at radius 2 is 1.65 bits per heavy atom. The maximum Gasteiger partial charge on any atom is 0.241 e. The zero-order valence-electron chi connectivity index (χ0n) is 12.0. The lowest BCUT2D eigenvalue weighted by atomic mass is 9.73. The van der Waals surface area contributed by atoms with Crippen LogP contribution in [0, 0.1) is 11.6 Å². The van der Waals surface area contributed by atoms with Crippen molar-refractivity contribution < 1.29 is 17.2 Å². The minimum absolute atomic E-state index is 0.295. The monoisotopic (exact) mass is 357 g/mol. The Balaban J connectivity index is 1.94. The fourth-order valence-electron chi connectivity index (χ4n) is 2.71. The van der Waals surface area contributed by atoms with Crippen LogP contribution in [-0.2, 0) is 15.6 Å². The molecule has 3 rings (SSSR count). The second kappa shape index (κ2) is 5.85. The lowest BCUT2D eigenvalue weighted by molar-refractivity contribution is 0.224. The molecule has 0 aromatic heterocycles. The second-order valence-electron chi connectivity index (χ2n) is 5.62. The fraction of sp³-hybridized carbons (Fsp3) is 0.250. The van der Waals surface area contributed by atoms with Crippen LogP contribution in [0.3, 0.4) is 0 Å². The Kier molecular flexibility index (Phi) is 4.16. The van der Waals surface area contributed by atoms with Crippen molar-refractivity contribution in [2.75, 3.05) is 0 Å². The van der Waals surface area contributed by atoms with Crippen molar-refractivity contribution in [1.29, 1.82) is 0 Å². The Bertz CT molecular complexity index is 834. The van der Waals surface area contributed by atoms with E-state index in [2.05, 4.69) is 4.72 Å². The largest absolute Gasteiger partial charge is 0.241 e. The molecule has 122 valence electrons. The lowest BCUT2D eigenvalue weighted by Crippen LogP contribution is -2.50. The molecule has 0 aliphatic heterocycles. The van der Waals surface area contributed by atoms with Crippen molar-refractivity contribution in [3.63, 3.8) is 0 Å². The minimum atomic E-state index is -3.97. The van der Waals surface area contributed by atoms with Crippen LogP contribution in [-0.4, -0.2) is 8.42 Å². The molecular weight excluding hydrogens is 344 g/mol. The van der Waals surface area contributed by atoms with Crippen molar-refractivity contribution in [3.8, 4) is 0 Å². The number of hydrogen-bond donors (Lipinski definition) is 1. The van der Waals surface area contributed by atoms with Crippen LogP contribution < -0.4 is 4.72 Å². The first kappa shape index (κ1) is 16.4. The molecule has 0 bridgehead atoms. The Labute approximate surface area is 138 Å². The molecule has 1 fully saturated rings. The van der Waals surface area contributed by atoms with E-state index in [1.54, 1.807) is 24.3 Å². The summed E-state index contributed by atoms with van der Waals surface area (Å²) in [5.41, 5.74) is 0.0770. The van der Waals surface area contributed by atoms with Crippen molar-refractivity contribution >= 4 is 21.6 Å². The van der Waals surface area contributed by atoms with Gasteiger partial charge < -0.3 is 0 Å². The van der Waals surface area contributed by atoms with E-state index in [4.69, 9.17) is 11.6 Å². The highest BCUT2D eigenvalue weighted by Crippen LogP contribution is 2.42. The van der Waals surface area contributed by atoms with Crippen LogP contribution in [0.25, 0.3) is 0 Å². The molecule has 7 heteroatoms. The van der Waals surface area contributed by atoms with E-state index in [1.165, 1.54) is 0 Å². The third-order valence-electron chi connectivity index (χ3n) is 4.14. The van der Waals surface area contributed by atoms with Gasteiger partial charge in [-0.1, -0.05) is 23.7 Å². The van der Waals surface area contributed by atoms with Gasteiger partial charge in [0.2, 0.25) is 10.0 Å². The summed E-state index contributed by atoms with van der Waals surface area (Å²) < 4.78 is 54.0. The molecular formula is C16H14ClF2NO2S. The smallest absolute Gasteiger partial charge is 0.207 e.